The van der Waals surface area contributed by atoms with Crippen LogP contribution in [0.1, 0.15) is 27.2 Å². The summed E-state index contributed by atoms with van der Waals surface area (Å²) in [6.45, 7) is 8.32. The van der Waals surface area contributed by atoms with E-state index in [1.807, 2.05) is 0 Å². The third kappa shape index (κ3) is 2.33. The summed E-state index contributed by atoms with van der Waals surface area (Å²) in [6.07, 6.45) is 1.71. The number of rotatable bonds is 1. The van der Waals surface area contributed by atoms with Crippen LogP contribution in [0.3, 0.4) is 0 Å². The van der Waals surface area contributed by atoms with Crippen molar-refractivity contribution in [2.75, 3.05) is 24.5 Å². The van der Waals surface area contributed by atoms with E-state index in [1.165, 1.54) is 12.1 Å². The zero-order chi connectivity index (χ0) is 18.7. The summed E-state index contributed by atoms with van der Waals surface area (Å²) < 4.78 is 13.4. The maximum atomic E-state index is 13.4. The molecule has 7 heteroatoms. The second-order valence-corrected chi connectivity index (χ2v) is 8.34. The molecule has 0 bridgehead atoms. The van der Waals surface area contributed by atoms with E-state index in [2.05, 4.69) is 35.6 Å². The first-order valence-corrected chi connectivity index (χ1v) is 8.90. The molecule has 0 saturated carbocycles. The topological polar surface area (TPSA) is 69.6 Å². The number of carboxylic acid groups (broad SMARTS) is 1. The number of fused-ring (bicyclic) bond motifs is 2. The average Bonchev–Trinajstić information content (AvgIpc) is 2.54. The molecule has 2 aromatic rings. The van der Waals surface area contributed by atoms with Crippen LogP contribution in [0, 0.1) is 17.2 Å². The van der Waals surface area contributed by atoms with E-state index in [1.54, 1.807) is 17.2 Å². The molecule has 0 aliphatic carbocycles. The van der Waals surface area contributed by atoms with Crippen LogP contribution in [-0.2, 0) is 0 Å². The van der Waals surface area contributed by atoms with Gasteiger partial charge in [-0.1, -0.05) is 20.8 Å². The summed E-state index contributed by atoms with van der Waals surface area (Å²) in [5.41, 5.74) is 0.529. The first-order chi connectivity index (χ1) is 12.2. The molecule has 2 aliphatic rings. The van der Waals surface area contributed by atoms with E-state index < -0.39 is 11.6 Å². The molecular weight excluding hydrogens is 335 g/mol. The van der Waals surface area contributed by atoms with E-state index in [4.69, 9.17) is 0 Å². The zero-order valence-electron chi connectivity index (χ0n) is 15.2. The van der Waals surface area contributed by atoms with Crippen LogP contribution >= 0.6 is 0 Å². The van der Waals surface area contributed by atoms with Gasteiger partial charge in [0.2, 0.25) is 0 Å². The van der Waals surface area contributed by atoms with Gasteiger partial charge in [-0.15, -0.1) is 0 Å². The van der Waals surface area contributed by atoms with E-state index in [0.717, 1.165) is 13.0 Å². The van der Waals surface area contributed by atoms with Crippen molar-refractivity contribution in [3.63, 3.8) is 0 Å². The van der Waals surface area contributed by atoms with E-state index in [-0.39, 0.29) is 11.2 Å². The van der Waals surface area contributed by atoms with Crippen molar-refractivity contribution in [1.82, 2.24) is 14.9 Å². The predicted molar refractivity (Wildman–Crippen MR) is 96.7 cm³/mol. The van der Waals surface area contributed by atoms with Gasteiger partial charge in [0.15, 0.2) is 0 Å². The summed E-state index contributed by atoms with van der Waals surface area (Å²) in [7, 11) is 0. The fourth-order valence-corrected chi connectivity index (χ4v) is 4.69. The van der Waals surface area contributed by atoms with Gasteiger partial charge in [0.1, 0.15) is 11.6 Å². The van der Waals surface area contributed by atoms with Crippen LogP contribution in [0.25, 0.3) is 11.0 Å². The maximum absolute atomic E-state index is 13.4. The van der Waals surface area contributed by atoms with E-state index >= 15 is 0 Å². The van der Waals surface area contributed by atoms with Crippen molar-refractivity contribution in [2.24, 2.45) is 11.3 Å². The molecule has 1 N–H and O–H groups in total. The van der Waals surface area contributed by atoms with Crippen LogP contribution in [0.5, 0.6) is 0 Å². The molecule has 26 heavy (non-hydrogen) atoms. The molecule has 1 aromatic heterocycles. The van der Waals surface area contributed by atoms with Crippen molar-refractivity contribution < 1.29 is 14.3 Å². The van der Waals surface area contributed by atoms with Gasteiger partial charge in [-0.25, -0.2) is 14.2 Å². The van der Waals surface area contributed by atoms with Crippen molar-refractivity contribution in [3.05, 3.63) is 30.2 Å². The van der Waals surface area contributed by atoms with Crippen LogP contribution in [0.15, 0.2) is 24.4 Å². The average molecular weight is 358 g/mol. The number of likely N-dealkylation sites (tertiary alicyclic amines) is 1. The highest BCUT2D eigenvalue weighted by Crippen LogP contribution is 2.53. The minimum atomic E-state index is -0.863. The summed E-state index contributed by atoms with van der Waals surface area (Å²) in [5.74, 6) is 0.736. The lowest BCUT2D eigenvalue weighted by molar-refractivity contribution is -0.133. The fraction of sp³-hybridized carbons (Fsp3) is 0.526. The standard InChI is InChI=1S/C19H23FN4O2/c1-18(2,3)19-11-23(7-6-12(19)10-24(19)17(25)26)16-9-21-15-8-13(20)4-5-14(15)22-16/h4-5,8-9,12H,6-7,10-11H2,1-3H3,(H,25,26)/t12-,19?/m1/s1. The SMILES string of the molecule is CC(C)(C)C12CN(c3cnc4cc(F)ccc4n3)CC[C@@H]1CN2C(=O)O. The quantitative estimate of drug-likeness (QED) is 0.846. The Balaban J connectivity index is 1.70. The highest BCUT2D eigenvalue weighted by atomic mass is 19.1. The Kier molecular flexibility index (Phi) is 3.61. The summed E-state index contributed by atoms with van der Waals surface area (Å²) in [5, 5.41) is 9.67. The highest BCUT2D eigenvalue weighted by molar-refractivity contribution is 5.75. The molecule has 2 aliphatic heterocycles. The van der Waals surface area contributed by atoms with Gasteiger partial charge in [-0.05, 0) is 24.0 Å². The third-order valence-electron chi connectivity index (χ3n) is 6.08. The van der Waals surface area contributed by atoms with E-state index in [9.17, 15) is 14.3 Å². The zero-order valence-corrected chi connectivity index (χ0v) is 15.2. The fourth-order valence-electron chi connectivity index (χ4n) is 4.69. The number of amides is 1. The van der Waals surface area contributed by atoms with Crippen LogP contribution in [0.2, 0.25) is 0 Å². The number of aromatic nitrogens is 2. The van der Waals surface area contributed by atoms with Crippen LogP contribution in [-0.4, -0.2) is 51.2 Å². The van der Waals surface area contributed by atoms with Crippen molar-refractivity contribution in [1.29, 1.82) is 0 Å². The van der Waals surface area contributed by atoms with Gasteiger partial charge in [-0.3, -0.25) is 9.88 Å². The molecule has 2 saturated heterocycles. The largest absolute Gasteiger partial charge is 0.465 e. The highest BCUT2D eigenvalue weighted by Gasteiger charge is 2.63. The molecule has 3 heterocycles. The third-order valence-corrected chi connectivity index (χ3v) is 6.08. The Morgan fingerprint density at radius 1 is 1.35 bits per heavy atom. The Hall–Kier alpha value is -2.44. The lowest BCUT2D eigenvalue weighted by atomic mass is 9.57. The molecule has 138 valence electrons. The molecule has 0 radical (unpaired) electrons. The Morgan fingerprint density at radius 3 is 2.81 bits per heavy atom. The number of hydrogen-bond donors (Lipinski definition) is 1. The Bertz CT molecular complexity index is 881. The molecule has 0 spiro atoms. The second-order valence-electron chi connectivity index (χ2n) is 8.34. The second kappa shape index (κ2) is 5.53. The van der Waals surface area contributed by atoms with Crippen molar-refractivity contribution in [3.8, 4) is 0 Å². The molecule has 1 aromatic carbocycles. The number of nitrogens with zero attached hydrogens (tertiary/aromatic N) is 4. The predicted octanol–water partition coefficient (Wildman–Crippen LogP) is 3.37. The number of benzene rings is 1. The number of piperidine rings is 1. The molecular formula is C19H23FN4O2. The molecule has 1 amide bonds. The summed E-state index contributed by atoms with van der Waals surface area (Å²) in [6, 6.07) is 4.37. The maximum Gasteiger partial charge on any atom is 0.407 e. The first kappa shape index (κ1) is 17.0. The van der Waals surface area contributed by atoms with Crippen molar-refractivity contribution >= 4 is 22.9 Å². The smallest absolute Gasteiger partial charge is 0.407 e. The van der Waals surface area contributed by atoms with Gasteiger partial charge in [-0.2, -0.15) is 0 Å². The molecule has 2 fully saturated rings. The van der Waals surface area contributed by atoms with Gasteiger partial charge >= 0.3 is 6.09 Å². The minimum Gasteiger partial charge on any atom is -0.465 e. The number of halogens is 1. The summed E-state index contributed by atoms with van der Waals surface area (Å²) in [4.78, 5) is 24.5. The molecule has 4 rings (SSSR count). The molecule has 2 atom stereocenters. The summed E-state index contributed by atoms with van der Waals surface area (Å²) >= 11 is 0. The normalized spacial score (nSPS) is 25.8. The van der Waals surface area contributed by atoms with Crippen molar-refractivity contribution in [2.45, 2.75) is 32.7 Å². The first-order valence-electron chi connectivity index (χ1n) is 8.90. The van der Waals surface area contributed by atoms with Crippen LogP contribution < -0.4 is 4.90 Å². The van der Waals surface area contributed by atoms with E-state index in [0.29, 0.717) is 35.9 Å². The molecule has 1 unspecified atom stereocenters. The lowest BCUT2D eigenvalue weighted by Crippen LogP contribution is -2.79. The lowest BCUT2D eigenvalue weighted by Gasteiger charge is -2.67. The van der Waals surface area contributed by atoms with Gasteiger partial charge in [0.05, 0.1) is 22.8 Å². The Morgan fingerprint density at radius 2 is 2.12 bits per heavy atom. The van der Waals surface area contributed by atoms with Crippen LogP contribution in [0.4, 0.5) is 15.0 Å². The number of hydrogen-bond acceptors (Lipinski definition) is 4. The monoisotopic (exact) mass is 358 g/mol. The molecule has 6 nitrogen and oxygen atoms in total. The van der Waals surface area contributed by atoms with Gasteiger partial charge in [0, 0.05) is 31.6 Å². The van der Waals surface area contributed by atoms with Gasteiger partial charge < -0.3 is 10.0 Å². The Labute approximate surface area is 151 Å². The number of anilines is 1. The number of carbonyl (C=O) groups is 1. The minimum absolute atomic E-state index is 0.194. The van der Waals surface area contributed by atoms with Gasteiger partial charge in [0.25, 0.3) is 0 Å².